The number of phenols is 1. The maximum Gasteiger partial charge on any atom is 0.160 e. The molecule has 168 valence electrons. The molecule has 0 spiro atoms. The van der Waals surface area contributed by atoms with E-state index in [1.807, 2.05) is 18.2 Å². The Hall–Kier alpha value is -2.08. The molecule has 1 aliphatic carbocycles. The predicted molar refractivity (Wildman–Crippen MR) is 122 cm³/mol. The molecule has 0 amide bonds. The van der Waals surface area contributed by atoms with E-state index in [1.165, 1.54) is 24.8 Å². The van der Waals surface area contributed by atoms with E-state index in [0.717, 1.165) is 37.9 Å². The summed E-state index contributed by atoms with van der Waals surface area (Å²) >= 11 is 0. The molecule has 1 saturated carbocycles. The van der Waals surface area contributed by atoms with Crippen LogP contribution in [0.25, 0.3) is 0 Å². The summed E-state index contributed by atoms with van der Waals surface area (Å²) in [6, 6.07) is 16.5. The molecular weight excluding hydrogens is 390 g/mol. The van der Waals surface area contributed by atoms with Crippen molar-refractivity contribution in [3.63, 3.8) is 0 Å². The first kappa shape index (κ1) is 22.1. The first-order chi connectivity index (χ1) is 15.2. The normalized spacial score (nSPS) is 24.4. The van der Waals surface area contributed by atoms with Crippen LogP contribution in [0.5, 0.6) is 11.5 Å². The zero-order valence-corrected chi connectivity index (χ0v) is 18.5. The molecule has 31 heavy (non-hydrogen) atoms. The first-order valence-corrected chi connectivity index (χ1v) is 11.6. The van der Waals surface area contributed by atoms with Crippen LogP contribution in [-0.2, 0) is 22.5 Å². The van der Waals surface area contributed by atoms with Crippen molar-refractivity contribution < 1.29 is 19.3 Å². The Bertz CT molecular complexity index is 812. The zero-order valence-electron chi connectivity index (χ0n) is 18.5. The Morgan fingerprint density at radius 2 is 1.81 bits per heavy atom. The van der Waals surface area contributed by atoms with Gasteiger partial charge in [-0.25, -0.2) is 0 Å². The van der Waals surface area contributed by atoms with Crippen LogP contribution < -0.4 is 4.74 Å². The fourth-order valence-electron chi connectivity index (χ4n) is 4.87. The second-order valence-electron chi connectivity index (χ2n) is 8.72. The van der Waals surface area contributed by atoms with Gasteiger partial charge in [0, 0.05) is 19.1 Å². The molecule has 5 heteroatoms. The summed E-state index contributed by atoms with van der Waals surface area (Å²) in [5.74, 6) is 0.698. The Labute approximate surface area is 185 Å². The van der Waals surface area contributed by atoms with Gasteiger partial charge in [0.1, 0.15) is 0 Å². The molecule has 3 atom stereocenters. The smallest absolute Gasteiger partial charge is 0.160 e. The van der Waals surface area contributed by atoms with Crippen molar-refractivity contribution in [3.05, 3.63) is 59.7 Å². The zero-order chi connectivity index (χ0) is 21.5. The van der Waals surface area contributed by atoms with E-state index in [9.17, 15) is 5.11 Å². The second-order valence-corrected chi connectivity index (χ2v) is 8.72. The van der Waals surface area contributed by atoms with E-state index in [2.05, 4.69) is 29.2 Å². The minimum Gasteiger partial charge on any atom is -0.504 e. The van der Waals surface area contributed by atoms with E-state index in [-0.39, 0.29) is 5.75 Å². The lowest BCUT2D eigenvalue weighted by Crippen LogP contribution is -2.46. The van der Waals surface area contributed by atoms with Crippen LogP contribution in [0.2, 0.25) is 0 Å². The maximum atomic E-state index is 9.77. The van der Waals surface area contributed by atoms with Crippen LogP contribution in [0.3, 0.4) is 0 Å². The van der Waals surface area contributed by atoms with Crippen LogP contribution in [0.1, 0.15) is 43.2 Å². The summed E-state index contributed by atoms with van der Waals surface area (Å²) in [6.45, 7) is 3.49. The quantitative estimate of drug-likeness (QED) is 0.638. The Kier molecular flexibility index (Phi) is 7.84. The minimum absolute atomic E-state index is 0.178. The molecule has 2 aromatic rings. The Balaban J connectivity index is 1.25. The fraction of sp³-hybridized carbons (Fsp3) is 0.538. The van der Waals surface area contributed by atoms with Crippen molar-refractivity contribution in [1.29, 1.82) is 0 Å². The molecular formula is C26H35NO4. The van der Waals surface area contributed by atoms with Crippen molar-refractivity contribution in [2.75, 3.05) is 26.8 Å². The highest BCUT2D eigenvalue weighted by atomic mass is 16.5. The number of phenolic OH excluding ortho intramolecular Hbond substituents is 1. The molecule has 2 aliphatic rings. The third-order valence-electron chi connectivity index (χ3n) is 6.61. The summed E-state index contributed by atoms with van der Waals surface area (Å²) < 4.78 is 17.8. The van der Waals surface area contributed by atoms with Gasteiger partial charge in [-0.15, -0.1) is 0 Å². The highest BCUT2D eigenvalue weighted by molar-refractivity contribution is 5.41. The van der Waals surface area contributed by atoms with Crippen LogP contribution in [0, 0.1) is 0 Å². The number of hydrogen-bond donors (Lipinski definition) is 1. The SMILES string of the molecule is COc1cc(CCOC2CCCCC2N2CC[C@H](OCc3ccccc3)C2)ccc1O. The van der Waals surface area contributed by atoms with Gasteiger partial charge in [0.25, 0.3) is 0 Å². The van der Waals surface area contributed by atoms with Gasteiger partial charge >= 0.3 is 0 Å². The van der Waals surface area contributed by atoms with Gasteiger partial charge in [0.05, 0.1) is 32.5 Å². The van der Waals surface area contributed by atoms with E-state index in [4.69, 9.17) is 14.2 Å². The molecule has 1 heterocycles. The van der Waals surface area contributed by atoms with Crippen molar-refractivity contribution in [2.45, 2.75) is 63.4 Å². The molecule has 2 unspecified atom stereocenters. The number of benzene rings is 2. The van der Waals surface area contributed by atoms with Gasteiger partial charge in [0.2, 0.25) is 0 Å². The number of methoxy groups -OCH3 is 1. The first-order valence-electron chi connectivity index (χ1n) is 11.6. The van der Waals surface area contributed by atoms with E-state index in [1.54, 1.807) is 13.2 Å². The third-order valence-corrected chi connectivity index (χ3v) is 6.61. The summed E-state index contributed by atoms with van der Waals surface area (Å²) in [5.41, 5.74) is 2.36. The molecule has 2 aromatic carbocycles. The van der Waals surface area contributed by atoms with Crippen molar-refractivity contribution in [2.24, 2.45) is 0 Å². The van der Waals surface area contributed by atoms with Gasteiger partial charge in [-0.1, -0.05) is 49.2 Å². The van der Waals surface area contributed by atoms with Gasteiger partial charge < -0.3 is 19.3 Å². The Morgan fingerprint density at radius 1 is 0.968 bits per heavy atom. The van der Waals surface area contributed by atoms with Gasteiger partial charge in [-0.3, -0.25) is 4.90 Å². The number of ether oxygens (including phenoxy) is 3. The molecule has 0 bridgehead atoms. The highest BCUT2D eigenvalue weighted by Gasteiger charge is 2.35. The summed E-state index contributed by atoms with van der Waals surface area (Å²) in [6.07, 6.45) is 7.40. The lowest BCUT2D eigenvalue weighted by molar-refractivity contribution is -0.0352. The standard InChI is InChI=1S/C26H35NO4/c1-29-26-17-20(11-12-24(26)28)14-16-30-25-10-6-5-9-23(25)27-15-13-22(18-27)31-19-21-7-3-2-4-8-21/h2-4,7-8,11-12,17,22-23,25,28H,5-6,9-10,13-16,18-19H2,1H3/t22-,23?,25?/m0/s1. The van der Waals surface area contributed by atoms with E-state index in [0.29, 0.717) is 37.2 Å². The van der Waals surface area contributed by atoms with E-state index < -0.39 is 0 Å². The molecule has 2 fully saturated rings. The maximum absolute atomic E-state index is 9.77. The number of nitrogens with zero attached hydrogens (tertiary/aromatic N) is 1. The molecule has 0 radical (unpaired) electrons. The minimum atomic E-state index is 0.178. The summed E-state index contributed by atoms with van der Waals surface area (Å²) in [4.78, 5) is 2.60. The highest BCUT2D eigenvalue weighted by Crippen LogP contribution is 2.30. The van der Waals surface area contributed by atoms with Crippen molar-refractivity contribution >= 4 is 0 Å². The summed E-state index contributed by atoms with van der Waals surface area (Å²) in [5, 5.41) is 9.77. The number of hydrogen-bond acceptors (Lipinski definition) is 5. The molecule has 5 nitrogen and oxygen atoms in total. The van der Waals surface area contributed by atoms with Gasteiger partial charge in [0.15, 0.2) is 11.5 Å². The van der Waals surface area contributed by atoms with Crippen LogP contribution in [-0.4, -0.2) is 55.1 Å². The average Bonchev–Trinajstić information content (AvgIpc) is 3.29. The van der Waals surface area contributed by atoms with Crippen LogP contribution >= 0.6 is 0 Å². The van der Waals surface area contributed by atoms with E-state index >= 15 is 0 Å². The number of rotatable bonds is 9. The molecule has 1 saturated heterocycles. The topological polar surface area (TPSA) is 51.2 Å². The van der Waals surface area contributed by atoms with Crippen molar-refractivity contribution in [1.82, 2.24) is 4.90 Å². The fourth-order valence-corrected chi connectivity index (χ4v) is 4.87. The molecule has 1 aliphatic heterocycles. The largest absolute Gasteiger partial charge is 0.504 e. The predicted octanol–water partition coefficient (Wildman–Crippen LogP) is 4.56. The number of likely N-dealkylation sites (tertiary alicyclic amines) is 1. The monoisotopic (exact) mass is 425 g/mol. The van der Waals surface area contributed by atoms with Crippen molar-refractivity contribution in [3.8, 4) is 11.5 Å². The molecule has 1 N–H and O–H groups in total. The lowest BCUT2D eigenvalue weighted by atomic mass is 9.91. The van der Waals surface area contributed by atoms with Crippen LogP contribution in [0.4, 0.5) is 0 Å². The molecule has 4 rings (SSSR count). The Morgan fingerprint density at radius 3 is 2.65 bits per heavy atom. The average molecular weight is 426 g/mol. The number of aromatic hydroxyl groups is 1. The molecule has 0 aromatic heterocycles. The lowest BCUT2D eigenvalue weighted by Gasteiger charge is -2.37. The van der Waals surface area contributed by atoms with Crippen LogP contribution in [0.15, 0.2) is 48.5 Å². The third kappa shape index (κ3) is 6.00. The van der Waals surface area contributed by atoms with Gasteiger partial charge in [-0.2, -0.15) is 0 Å². The van der Waals surface area contributed by atoms with Gasteiger partial charge in [-0.05, 0) is 48.9 Å². The summed E-state index contributed by atoms with van der Waals surface area (Å²) in [7, 11) is 1.58. The second kappa shape index (κ2) is 11.0.